The van der Waals surface area contributed by atoms with Crippen molar-refractivity contribution in [1.29, 1.82) is 0 Å². The number of nitrogen functional groups attached to an aromatic ring is 1. The Balaban J connectivity index is 2.39. The van der Waals surface area contributed by atoms with Crippen LogP contribution in [0.25, 0.3) is 16.7 Å². The average Bonchev–Trinajstić information content (AvgIpc) is 2.69. The second kappa shape index (κ2) is 4.65. The summed E-state index contributed by atoms with van der Waals surface area (Å²) in [4.78, 5) is 4.40. The zero-order valence-corrected chi connectivity index (χ0v) is 13.4. The monoisotopic (exact) mass is 379 g/mol. The lowest BCUT2D eigenvalue weighted by molar-refractivity contribution is 1.09. The Labute approximate surface area is 127 Å². The van der Waals surface area contributed by atoms with E-state index < -0.39 is 0 Å². The van der Waals surface area contributed by atoms with E-state index in [1.54, 1.807) is 0 Å². The third-order valence-electron chi connectivity index (χ3n) is 3.05. The number of halogens is 2. The molecule has 96 valence electrons. The highest BCUT2D eigenvalue weighted by Gasteiger charge is 2.13. The number of nitrogens with two attached hydrogens (primary N) is 1. The molecule has 0 aliphatic carbocycles. The number of hydrogen-bond acceptors (Lipinski definition) is 2. The quantitative estimate of drug-likeness (QED) is 0.678. The highest BCUT2D eigenvalue weighted by molar-refractivity contribution is 9.10. The zero-order chi connectivity index (χ0) is 13.6. The van der Waals surface area contributed by atoms with Gasteiger partial charge in [0.25, 0.3) is 0 Å². The van der Waals surface area contributed by atoms with E-state index in [2.05, 4.69) is 49.8 Å². The first-order valence-electron chi connectivity index (χ1n) is 5.77. The van der Waals surface area contributed by atoms with Crippen LogP contribution >= 0.6 is 31.9 Å². The fourth-order valence-electron chi connectivity index (χ4n) is 2.12. The zero-order valence-electron chi connectivity index (χ0n) is 10.2. The van der Waals surface area contributed by atoms with Crippen molar-refractivity contribution in [3.8, 4) is 5.69 Å². The molecule has 0 atom stereocenters. The minimum Gasteiger partial charge on any atom is -0.369 e. The minimum absolute atomic E-state index is 0.486. The number of hydrogen-bond donors (Lipinski definition) is 1. The van der Waals surface area contributed by atoms with E-state index in [-0.39, 0.29) is 0 Å². The molecule has 0 aliphatic heterocycles. The number of aromatic nitrogens is 2. The molecule has 0 saturated carbocycles. The second-order valence-electron chi connectivity index (χ2n) is 4.35. The van der Waals surface area contributed by atoms with Crippen molar-refractivity contribution in [2.45, 2.75) is 6.92 Å². The number of anilines is 1. The van der Waals surface area contributed by atoms with Gasteiger partial charge in [0.2, 0.25) is 5.95 Å². The maximum atomic E-state index is 6.07. The summed E-state index contributed by atoms with van der Waals surface area (Å²) in [6.45, 7) is 2.05. The molecule has 2 N–H and O–H groups in total. The first-order chi connectivity index (χ1) is 9.08. The van der Waals surface area contributed by atoms with Crippen LogP contribution in [-0.4, -0.2) is 9.55 Å². The smallest absolute Gasteiger partial charge is 0.205 e. The van der Waals surface area contributed by atoms with Gasteiger partial charge in [0.05, 0.1) is 16.7 Å². The molecule has 0 amide bonds. The fraction of sp³-hybridized carbons (Fsp3) is 0.0714. The largest absolute Gasteiger partial charge is 0.369 e. The van der Waals surface area contributed by atoms with Crippen molar-refractivity contribution in [2.24, 2.45) is 0 Å². The van der Waals surface area contributed by atoms with Crippen LogP contribution in [-0.2, 0) is 0 Å². The summed E-state index contributed by atoms with van der Waals surface area (Å²) >= 11 is 7.11. The van der Waals surface area contributed by atoms with Gasteiger partial charge >= 0.3 is 0 Å². The molecule has 0 bridgehead atoms. The van der Waals surface area contributed by atoms with E-state index >= 15 is 0 Å². The van der Waals surface area contributed by atoms with E-state index in [0.29, 0.717) is 5.95 Å². The lowest BCUT2D eigenvalue weighted by atomic mass is 10.2. The highest BCUT2D eigenvalue weighted by atomic mass is 79.9. The number of aryl methyl sites for hydroxylation is 1. The third kappa shape index (κ3) is 2.07. The van der Waals surface area contributed by atoms with E-state index in [1.165, 1.54) is 0 Å². The topological polar surface area (TPSA) is 43.8 Å². The summed E-state index contributed by atoms with van der Waals surface area (Å²) < 4.78 is 3.99. The number of benzene rings is 2. The molecule has 0 unspecified atom stereocenters. The van der Waals surface area contributed by atoms with Crippen molar-refractivity contribution in [2.75, 3.05) is 5.73 Å². The van der Waals surface area contributed by atoms with Gasteiger partial charge in [-0.25, -0.2) is 4.98 Å². The SMILES string of the molecule is Cc1cccc(-n2c(N)nc3ccc(Br)cc32)c1Br. The summed E-state index contributed by atoms with van der Waals surface area (Å²) in [7, 11) is 0. The van der Waals surface area contributed by atoms with Gasteiger partial charge in [0.1, 0.15) is 0 Å². The highest BCUT2D eigenvalue weighted by Crippen LogP contribution is 2.31. The van der Waals surface area contributed by atoms with Crippen molar-refractivity contribution in [3.05, 3.63) is 50.9 Å². The molecule has 1 aromatic heterocycles. The van der Waals surface area contributed by atoms with Gasteiger partial charge < -0.3 is 5.73 Å². The van der Waals surface area contributed by atoms with Gasteiger partial charge in [-0.05, 0) is 52.7 Å². The van der Waals surface area contributed by atoms with E-state index in [9.17, 15) is 0 Å². The van der Waals surface area contributed by atoms with Gasteiger partial charge in [-0.2, -0.15) is 0 Å². The Bertz CT molecular complexity index is 778. The Kier molecular flexibility index (Phi) is 3.11. The maximum Gasteiger partial charge on any atom is 0.205 e. The fourth-order valence-corrected chi connectivity index (χ4v) is 2.92. The van der Waals surface area contributed by atoms with Crippen LogP contribution in [0.4, 0.5) is 5.95 Å². The molecule has 0 aliphatic rings. The van der Waals surface area contributed by atoms with E-state index in [4.69, 9.17) is 5.73 Å². The van der Waals surface area contributed by atoms with Gasteiger partial charge in [-0.3, -0.25) is 4.57 Å². The van der Waals surface area contributed by atoms with Crippen LogP contribution in [0.15, 0.2) is 45.3 Å². The summed E-state index contributed by atoms with van der Waals surface area (Å²) in [5, 5.41) is 0. The maximum absolute atomic E-state index is 6.07. The summed E-state index contributed by atoms with van der Waals surface area (Å²) in [5.41, 5.74) is 10.1. The molecule has 5 heteroatoms. The average molecular weight is 381 g/mol. The standard InChI is InChI=1S/C14H11Br2N3/c1-8-3-2-4-11(13(8)16)19-12-7-9(15)5-6-10(12)18-14(19)17/h2-7H,1H3,(H2,17,18). The number of imidazole rings is 1. The Hall–Kier alpha value is -1.33. The molecular weight excluding hydrogens is 370 g/mol. The van der Waals surface area contributed by atoms with Crippen molar-refractivity contribution in [1.82, 2.24) is 9.55 Å². The van der Waals surface area contributed by atoms with Crippen LogP contribution in [0.1, 0.15) is 5.56 Å². The van der Waals surface area contributed by atoms with Gasteiger partial charge in [-0.1, -0.05) is 28.1 Å². The lowest BCUT2D eigenvalue weighted by Gasteiger charge is -2.10. The Morgan fingerprint density at radius 3 is 2.74 bits per heavy atom. The summed E-state index contributed by atoms with van der Waals surface area (Å²) in [6, 6.07) is 12.0. The molecule has 2 aromatic carbocycles. The van der Waals surface area contributed by atoms with Crippen LogP contribution in [0.3, 0.4) is 0 Å². The van der Waals surface area contributed by atoms with Crippen LogP contribution < -0.4 is 5.73 Å². The van der Waals surface area contributed by atoms with Crippen LogP contribution in [0, 0.1) is 6.92 Å². The van der Waals surface area contributed by atoms with Gasteiger partial charge in [0, 0.05) is 8.95 Å². The first kappa shape index (κ1) is 12.7. The first-order valence-corrected chi connectivity index (χ1v) is 7.35. The normalized spacial score (nSPS) is 11.1. The van der Waals surface area contributed by atoms with Crippen molar-refractivity contribution in [3.63, 3.8) is 0 Å². The summed E-state index contributed by atoms with van der Waals surface area (Å²) in [6.07, 6.45) is 0. The molecule has 0 radical (unpaired) electrons. The van der Waals surface area contributed by atoms with Crippen molar-refractivity contribution < 1.29 is 0 Å². The summed E-state index contributed by atoms with van der Waals surface area (Å²) in [5.74, 6) is 0.486. The minimum atomic E-state index is 0.486. The van der Waals surface area contributed by atoms with E-state index in [1.807, 2.05) is 34.9 Å². The molecule has 3 aromatic rings. The number of nitrogens with zero attached hydrogens (tertiary/aromatic N) is 2. The molecule has 0 fully saturated rings. The third-order valence-corrected chi connectivity index (χ3v) is 4.58. The Morgan fingerprint density at radius 1 is 1.16 bits per heavy atom. The van der Waals surface area contributed by atoms with Crippen molar-refractivity contribution >= 4 is 48.8 Å². The molecule has 0 saturated heterocycles. The van der Waals surface area contributed by atoms with Crippen LogP contribution in [0.2, 0.25) is 0 Å². The molecule has 19 heavy (non-hydrogen) atoms. The second-order valence-corrected chi connectivity index (χ2v) is 6.06. The molecular formula is C14H11Br2N3. The number of fused-ring (bicyclic) bond motifs is 1. The molecule has 3 nitrogen and oxygen atoms in total. The predicted octanol–water partition coefficient (Wildman–Crippen LogP) is 4.44. The molecule has 3 rings (SSSR count). The lowest BCUT2D eigenvalue weighted by Crippen LogP contribution is -2.02. The predicted molar refractivity (Wildman–Crippen MR) is 85.6 cm³/mol. The van der Waals surface area contributed by atoms with Crippen LogP contribution in [0.5, 0.6) is 0 Å². The molecule has 1 heterocycles. The Morgan fingerprint density at radius 2 is 1.95 bits per heavy atom. The van der Waals surface area contributed by atoms with Gasteiger partial charge in [-0.15, -0.1) is 0 Å². The number of rotatable bonds is 1. The molecule has 0 spiro atoms. The van der Waals surface area contributed by atoms with E-state index in [0.717, 1.165) is 31.2 Å². The van der Waals surface area contributed by atoms with Gasteiger partial charge in [0.15, 0.2) is 0 Å².